The van der Waals surface area contributed by atoms with E-state index < -0.39 is 17.9 Å². The van der Waals surface area contributed by atoms with Gasteiger partial charge in [0.25, 0.3) is 0 Å². The third-order valence-electron chi connectivity index (χ3n) is 5.50. The number of hydrogen-bond donors (Lipinski definition) is 0. The fourth-order valence-electron chi connectivity index (χ4n) is 3.63. The first kappa shape index (κ1) is 26.8. The van der Waals surface area contributed by atoms with Crippen LogP contribution in [0.3, 0.4) is 0 Å². The summed E-state index contributed by atoms with van der Waals surface area (Å²) in [6.45, 7) is 5.00. The third-order valence-corrected chi connectivity index (χ3v) is 7.42. The van der Waals surface area contributed by atoms with Crippen LogP contribution >= 0.6 is 7.91 Å². The van der Waals surface area contributed by atoms with E-state index in [0.29, 0.717) is 32.6 Å². The number of benzene rings is 2. The molecule has 0 radical (unpaired) electrons. The molecule has 0 N–H and O–H groups in total. The van der Waals surface area contributed by atoms with Crippen LogP contribution in [0.2, 0.25) is 0 Å². The Morgan fingerprint density at radius 3 is 2.29 bits per heavy atom. The van der Waals surface area contributed by atoms with E-state index in [4.69, 9.17) is 23.5 Å². The van der Waals surface area contributed by atoms with Gasteiger partial charge in [-0.15, -0.1) is 0 Å². The Balaban J connectivity index is 0.000000795. The van der Waals surface area contributed by atoms with Gasteiger partial charge >= 0.3 is 0 Å². The number of hydrogen-bond acceptors (Lipinski definition) is 9. The van der Waals surface area contributed by atoms with Crippen LogP contribution in [0.5, 0.6) is 11.5 Å². The highest BCUT2D eigenvalue weighted by Gasteiger charge is 2.28. The monoisotopic (exact) mass is 521 g/mol. The SMILES string of the molecule is CCC(=O)/C=C/c1ccc(S(=O)(=O)N2CCN(Cc3ccc4c(c3)OCO4)CC2)cc1.O=P(=O)[O-]. The fraction of sp³-hybridized carbons (Fsp3) is 0.348. The van der Waals surface area contributed by atoms with Crippen LogP contribution in [0.15, 0.2) is 53.4 Å². The Bertz CT molecular complexity index is 1230. The lowest BCUT2D eigenvalue weighted by atomic mass is 10.2. The Morgan fingerprint density at radius 1 is 1.03 bits per heavy atom. The van der Waals surface area contributed by atoms with Crippen molar-refractivity contribution in [1.82, 2.24) is 9.21 Å². The molecule has 2 aromatic rings. The van der Waals surface area contributed by atoms with E-state index in [1.807, 2.05) is 18.2 Å². The van der Waals surface area contributed by atoms with Crippen molar-refractivity contribution in [3.63, 3.8) is 0 Å². The van der Waals surface area contributed by atoms with Gasteiger partial charge in [-0.3, -0.25) is 18.8 Å². The van der Waals surface area contributed by atoms with E-state index in [1.54, 1.807) is 37.3 Å². The number of carbonyl (C=O) groups excluding carboxylic acids is 1. The summed E-state index contributed by atoms with van der Waals surface area (Å²) in [7, 11) is -6.91. The zero-order chi connectivity index (χ0) is 25.4. The molecule has 188 valence electrons. The van der Waals surface area contributed by atoms with Crippen LogP contribution in [0.25, 0.3) is 6.08 Å². The van der Waals surface area contributed by atoms with Crippen molar-refractivity contribution in [3.8, 4) is 11.5 Å². The molecule has 12 heteroatoms. The van der Waals surface area contributed by atoms with Crippen molar-refractivity contribution in [2.45, 2.75) is 24.8 Å². The van der Waals surface area contributed by atoms with Gasteiger partial charge in [-0.25, -0.2) is 8.42 Å². The Kier molecular flexibility index (Phi) is 9.36. The molecule has 0 amide bonds. The van der Waals surface area contributed by atoms with Crippen molar-refractivity contribution in [3.05, 3.63) is 59.7 Å². The molecule has 0 bridgehead atoms. The second kappa shape index (κ2) is 12.2. The van der Waals surface area contributed by atoms with Crippen LogP contribution in [0, 0.1) is 0 Å². The minimum Gasteiger partial charge on any atom is -0.744 e. The molecule has 0 aliphatic carbocycles. The van der Waals surface area contributed by atoms with Crippen LogP contribution in [-0.4, -0.2) is 56.4 Å². The second-order valence-corrected chi connectivity index (χ2v) is 10.2. The highest BCUT2D eigenvalue weighted by Crippen LogP contribution is 2.33. The highest BCUT2D eigenvalue weighted by molar-refractivity contribution is 7.89. The van der Waals surface area contributed by atoms with Crippen LogP contribution < -0.4 is 14.4 Å². The minimum atomic E-state index is -3.54. The topological polar surface area (TPSA) is 133 Å². The predicted octanol–water partition coefficient (Wildman–Crippen LogP) is 2.35. The lowest BCUT2D eigenvalue weighted by Crippen LogP contribution is -2.48. The third kappa shape index (κ3) is 7.58. The van der Waals surface area contributed by atoms with Crippen molar-refractivity contribution < 1.29 is 36.7 Å². The smallest absolute Gasteiger partial charge is 0.250 e. The average Bonchev–Trinajstić information content (AvgIpc) is 3.31. The number of sulfonamides is 1. The standard InChI is InChI=1S/C23H26N2O5S.HO3P/c1-2-20(26)7-3-18-4-8-21(9-5-18)31(27,28)25-13-11-24(12-14-25)16-19-6-10-22-23(15-19)30-17-29-22;1-4(2)3/h3-10,15H,2,11-14,16-17H2,1H3;(H,1,2,3)/p-1/b7-3+;. The summed E-state index contributed by atoms with van der Waals surface area (Å²) < 4.78 is 55.3. The molecule has 0 aromatic heterocycles. The molecule has 0 unspecified atom stereocenters. The number of fused-ring (bicyclic) bond motifs is 1. The zero-order valence-corrected chi connectivity index (χ0v) is 20.9. The molecule has 4 rings (SSSR count). The van der Waals surface area contributed by atoms with Gasteiger partial charge in [-0.05, 0) is 41.5 Å². The highest BCUT2D eigenvalue weighted by atomic mass is 32.2. The van der Waals surface area contributed by atoms with Gasteiger partial charge in [-0.1, -0.05) is 31.2 Å². The summed E-state index contributed by atoms with van der Waals surface area (Å²) in [5.41, 5.74) is 1.92. The molecular weight excluding hydrogens is 495 g/mol. The first-order chi connectivity index (χ1) is 16.7. The maximum absolute atomic E-state index is 13.0. The van der Waals surface area contributed by atoms with Crippen LogP contribution in [0.1, 0.15) is 24.5 Å². The molecule has 1 fully saturated rings. The molecule has 2 aliphatic heterocycles. The molecule has 35 heavy (non-hydrogen) atoms. The largest absolute Gasteiger partial charge is 0.744 e. The number of ether oxygens (including phenoxy) is 2. The molecule has 2 aromatic carbocycles. The van der Waals surface area contributed by atoms with Gasteiger partial charge in [-0.2, -0.15) is 4.31 Å². The Hall–Kier alpha value is -2.82. The summed E-state index contributed by atoms with van der Waals surface area (Å²) in [4.78, 5) is 22.4. The Morgan fingerprint density at radius 2 is 1.66 bits per heavy atom. The predicted molar refractivity (Wildman–Crippen MR) is 126 cm³/mol. The fourth-order valence-corrected chi connectivity index (χ4v) is 5.05. The first-order valence-electron chi connectivity index (χ1n) is 10.9. The summed E-state index contributed by atoms with van der Waals surface area (Å²) in [6, 6.07) is 12.6. The van der Waals surface area contributed by atoms with Crippen LogP contribution in [0.4, 0.5) is 0 Å². The average molecular weight is 522 g/mol. The zero-order valence-electron chi connectivity index (χ0n) is 19.2. The maximum Gasteiger partial charge on any atom is 0.250 e. The number of allylic oxidation sites excluding steroid dienone is 1. The molecule has 0 atom stereocenters. The summed E-state index contributed by atoms with van der Waals surface area (Å²) >= 11 is 0. The molecule has 2 heterocycles. The van der Waals surface area contributed by atoms with Gasteiger partial charge < -0.3 is 14.4 Å². The van der Waals surface area contributed by atoms with E-state index >= 15 is 0 Å². The quantitative estimate of drug-likeness (QED) is 0.398. The lowest BCUT2D eigenvalue weighted by molar-refractivity contribution is -0.168. The van der Waals surface area contributed by atoms with Crippen molar-refractivity contribution in [2.24, 2.45) is 0 Å². The minimum absolute atomic E-state index is 0.0373. The molecule has 10 nitrogen and oxygen atoms in total. The van der Waals surface area contributed by atoms with Gasteiger partial charge in [0.1, 0.15) is 0 Å². The lowest BCUT2D eigenvalue weighted by Gasteiger charge is -2.34. The summed E-state index contributed by atoms with van der Waals surface area (Å²) in [6.07, 6.45) is 3.67. The number of ketones is 1. The molecular formula is C23H26N2O8PS-. The van der Waals surface area contributed by atoms with Gasteiger partial charge in [0.05, 0.1) is 4.90 Å². The summed E-state index contributed by atoms with van der Waals surface area (Å²) in [5, 5.41) is 0. The number of piperazine rings is 1. The van der Waals surface area contributed by atoms with E-state index in [2.05, 4.69) is 4.90 Å². The van der Waals surface area contributed by atoms with E-state index in [0.717, 1.165) is 29.2 Å². The van der Waals surface area contributed by atoms with E-state index in [9.17, 15) is 13.2 Å². The van der Waals surface area contributed by atoms with E-state index in [-0.39, 0.29) is 17.5 Å². The molecule has 1 saturated heterocycles. The second-order valence-electron chi connectivity index (χ2n) is 7.81. The van der Waals surface area contributed by atoms with Crippen LogP contribution in [-0.2, 0) is 30.5 Å². The van der Waals surface area contributed by atoms with E-state index in [1.165, 1.54) is 10.4 Å². The summed E-state index contributed by atoms with van der Waals surface area (Å²) in [5.74, 6) is 1.56. The first-order valence-corrected chi connectivity index (χ1v) is 13.5. The van der Waals surface area contributed by atoms with Crippen molar-refractivity contribution >= 4 is 29.8 Å². The van der Waals surface area contributed by atoms with Gasteiger partial charge in [0, 0.05) is 39.1 Å². The normalized spacial score (nSPS) is 16.1. The van der Waals surface area contributed by atoms with Gasteiger partial charge in [0.15, 0.2) is 17.3 Å². The molecule has 0 spiro atoms. The number of nitrogens with zero attached hydrogens (tertiary/aromatic N) is 2. The number of carbonyl (C=O) groups is 1. The van der Waals surface area contributed by atoms with Crippen molar-refractivity contribution in [1.29, 1.82) is 0 Å². The maximum atomic E-state index is 13.0. The van der Waals surface area contributed by atoms with Crippen molar-refractivity contribution in [2.75, 3.05) is 33.0 Å². The van der Waals surface area contributed by atoms with Gasteiger partial charge in [0.2, 0.25) is 24.7 Å². The molecule has 2 aliphatic rings. The molecule has 0 saturated carbocycles. The number of rotatable bonds is 7. The Labute approximate surface area is 204 Å².